The van der Waals surface area contributed by atoms with Gasteiger partial charge in [0.1, 0.15) is 6.17 Å². The Kier molecular flexibility index (Phi) is 3.51. The smallest absolute Gasteiger partial charge is 0.251 e. The quantitative estimate of drug-likeness (QED) is 0.787. The summed E-state index contributed by atoms with van der Waals surface area (Å²) in [5.41, 5.74) is 0.614. The van der Waals surface area contributed by atoms with Crippen molar-refractivity contribution >= 4 is 5.91 Å². The van der Waals surface area contributed by atoms with Gasteiger partial charge in [-0.1, -0.05) is 18.2 Å². The Morgan fingerprint density at radius 1 is 1.31 bits per heavy atom. The summed E-state index contributed by atoms with van der Waals surface area (Å²) in [6.45, 7) is 1.02. The van der Waals surface area contributed by atoms with Crippen LogP contribution in [0.15, 0.2) is 30.3 Å². The molecule has 1 aliphatic rings. The van der Waals surface area contributed by atoms with Gasteiger partial charge in [-0.05, 0) is 12.1 Å². The highest BCUT2D eigenvalue weighted by Gasteiger charge is 2.22. The van der Waals surface area contributed by atoms with Crippen LogP contribution in [0.5, 0.6) is 0 Å². The Hall–Kier alpha value is -1.42. The van der Waals surface area contributed by atoms with Crippen molar-refractivity contribution in [2.24, 2.45) is 0 Å². The van der Waals surface area contributed by atoms with Gasteiger partial charge in [-0.2, -0.15) is 0 Å². The predicted octanol–water partition coefficient (Wildman–Crippen LogP) is 1.12. The zero-order valence-corrected chi connectivity index (χ0v) is 8.95. The molecule has 1 aromatic rings. The molecule has 4 heteroatoms. The van der Waals surface area contributed by atoms with Crippen LogP contribution in [0.1, 0.15) is 16.8 Å². The Balaban J connectivity index is 1.92. The molecule has 0 aliphatic carbocycles. The average molecular weight is 222 g/mol. The van der Waals surface area contributed by atoms with E-state index in [-0.39, 0.29) is 11.9 Å². The zero-order chi connectivity index (χ0) is 11.4. The largest absolute Gasteiger partial charge is 0.348 e. The molecule has 1 aliphatic heterocycles. The van der Waals surface area contributed by atoms with Crippen LogP contribution in [0.3, 0.4) is 0 Å². The van der Waals surface area contributed by atoms with E-state index in [9.17, 15) is 9.18 Å². The second kappa shape index (κ2) is 5.07. The van der Waals surface area contributed by atoms with E-state index in [0.29, 0.717) is 25.1 Å². The number of carbonyl (C=O) groups excluding carboxylic acids is 1. The normalized spacial score (nSPS) is 25.1. The minimum absolute atomic E-state index is 0.114. The molecule has 1 heterocycles. The minimum atomic E-state index is -0.866. The van der Waals surface area contributed by atoms with Gasteiger partial charge in [0.2, 0.25) is 0 Å². The number of halogens is 1. The Bertz CT molecular complexity index is 355. The predicted molar refractivity (Wildman–Crippen MR) is 60.1 cm³/mol. The van der Waals surface area contributed by atoms with Gasteiger partial charge in [0.25, 0.3) is 5.91 Å². The molecular formula is C12H15FN2O. The van der Waals surface area contributed by atoms with Crippen molar-refractivity contribution in [3.05, 3.63) is 35.9 Å². The molecule has 0 bridgehead atoms. The van der Waals surface area contributed by atoms with Gasteiger partial charge in [0, 0.05) is 31.1 Å². The lowest BCUT2D eigenvalue weighted by atomic mass is 10.1. The van der Waals surface area contributed by atoms with Crippen LogP contribution in [0.4, 0.5) is 4.39 Å². The number of hydrogen-bond acceptors (Lipinski definition) is 2. The SMILES string of the molecule is O=C(N[C@H]1CNC[C@@H](F)C1)c1ccccc1. The van der Waals surface area contributed by atoms with E-state index in [2.05, 4.69) is 10.6 Å². The first-order valence-electron chi connectivity index (χ1n) is 5.46. The van der Waals surface area contributed by atoms with Gasteiger partial charge < -0.3 is 10.6 Å². The lowest BCUT2D eigenvalue weighted by Crippen LogP contribution is -2.49. The fraction of sp³-hybridized carbons (Fsp3) is 0.417. The molecule has 0 radical (unpaired) electrons. The number of amides is 1. The van der Waals surface area contributed by atoms with Crippen molar-refractivity contribution in [3.8, 4) is 0 Å². The standard InChI is InChI=1S/C12H15FN2O/c13-10-6-11(8-14-7-10)15-12(16)9-4-2-1-3-5-9/h1-5,10-11,14H,6-8H2,(H,15,16)/t10-,11+/m0/s1. The van der Waals surface area contributed by atoms with E-state index in [1.807, 2.05) is 18.2 Å². The monoisotopic (exact) mass is 222 g/mol. The summed E-state index contributed by atoms with van der Waals surface area (Å²) in [5, 5.41) is 5.78. The Morgan fingerprint density at radius 3 is 2.75 bits per heavy atom. The molecule has 1 aromatic carbocycles. The van der Waals surface area contributed by atoms with E-state index in [1.165, 1.54) is 0 Å². The summed E-state index contributed by atoms with van der Waals surface area (Å²) in [6.07, 6.45) is -0.471. The second-order valence-corrected chi connectivity index (χ2v) is 4.03. The van der Waals surface area contributed by atoms with E-state index in [0.717, 1.165) is 0 Å². The van der Waals surface area contributed by atoms with Gasteiger partial charge in [0.05, 0.1) is 0 Å². The summed E-state index contributed by atoms with van der Waals surface area (Å²) in [6, 6.07) is 8.86. The van der Waals surface area contributed by atoms with Gasteiger partial charge >= 0.3 is 0 Å². The Labute approximate surface area is 94.0 Å². The fourth-order valence-corrected chi connectivity index (χ4v) is 1.86. The molecule has 1 saturated heterocycles. The molecule has 0 unspecified atom stereocenters. The lowest BCUT2D eigenvalue weighted by Gasteiger charge is -2.26. The van der Waals surface area contributed by atoms with Crippen molar-refractivity contribution in [3.63, 3.8) is 0 Å². The van der Waals surface area contributed by atoms with Crippen LogP contribution < -0.4 is 10.6 Å². The molecule has 1 fully saturated rings. The van der Waals surface area contributed by atoms with Crippen molar-refractivity contribution in [1.29, 1.82) is 0 Å². The van der Waals surface area contributed by atoms with E-state index in [1.54, 1.807) is 12.1 Å². The number of carbonyl (C=O) groups is 1. The van der Waals surface area contributed by atoms with Crippen molar-refractivity contribution in [1.82, 2.24) is 10.6 Å². The van der Waals surface area contributed by atoms with Crippen LogP contribution in [0.2, 0.25) is 0 Å². The highest BCUT2D eigenvalue weighted by molar-refractivity contribution is 5.94. The highest BCUT2D eigenvalue weighted by atomic mass is 19.1. The molecule has 0 spiro atoms. The summed E-state index contributed by atoms with van der Waals surface area (Å²) < 4.78 is 13.1. The number of nitrogens with one attached hydrogen (secondary N) is 2. The van der Waals surface area contributed by atoms with Gasteiger partial charge in [-0.3, -0.25) is 4.79 Å². The maximum Gasteiger partial charge on any atom is 0.251 e. The molecule has 3 nitrogen and oxygen atoms in total. The molecule has 0 aromatic heterocycles. The van der Waals surface area contributed by atoms with Crippen LogP contribution >= 0.6 is 0 Å². The van der Waals surface area contributed by atoms with E-state index in [4.69, 9.17) is 0 Å². The molecular weight excluding hydrogens is 207 g/mol. The minimum Gasteiger partial charge on any atom is -0.348 e. The third-order valence-electron chi connectivity index (χ3n) is 2.67. The van der Waals surface area contributed by atoms with Gasteiger partial charge in [-0.25, -0.2) is 4.39 Å². The van der Waals surface area contributed by atoms with Gasteiger partial charge in [-0.15, -0.1) is 0 Å². The highest BCUT2D eigenvalue weighted by Crippen LogP contribution is 2.07. The number of hydrogen-bond donors (Lipinski definition) is 2. The molecule has 2 N–H and O–H groups in total. The summed E-state index contributed by atoms with van der Waals surface area (Å²) in [4.78, 5) is 11.8. The first kappa shape index (κ1) is 11.1. The molecule has 16 heavy (non-hydrogen) atoms. The maximum atomic E-state index is 13.1. The van der Waals surface area contributed by atoms with E-state index < -0.39 is 6.17 Å². The number of piperidine rings is 1. The van der Waals surface area contributed by atoms with Crippen molar-refractivity contribution in [2.45, 2.75) is 18.6 Å². The molecule has 0 saturated carbocycles. The van der Waals surface area contributed by atoms with Crippen molar-refractivity contribution in [2.75, 3.05) is 13.1 Å². The maximum absolute atomic E-state index is 13.1. The molecule has 2 rings (SSSR count). The van der Waals surface area contributed by atoms with Crippen LogP contribution in [0, 0.1) is 0 Å². The first-order valence-corrected chi connectivity index (χ1v) is 5.46. The Morgan fingerprint density at radius 2 is 2.06 bits per heavy atom. The van der Waals surface area contributed by atoms with Crippen LogP contribution in [0.25, 0.3) is 0 Å². The topological polar surface area (TPSA) is 41.1 Å². The van der Waals surface area contributed by atoms with Gasteiger partial charge in [0.15, 0.2) is 0 Å². The first-order chi connectivity index (χ1) is 7.75. The summed E-state index contributed by atoms with van der Waals surface area (Å²) >= 11 is 0. The zero-order valence-electron chi connectivity index (χ0n) is 8.95. The van der Waals surface area contributed by atoms with E-state index >= 15 is 0 Å². The van der Waals surface area contributed by atoms with Crippen molar-refractivity contribution < 1.29 is 9.18 Å². The molecule has 1 amide bonds. The second-order valence-electron chi connectivity index (χ2n) is 4.03. The number of rotatable bonds is 2. The summed E-state index contributed by atoms with van der Waals surface area (Å²) in [7, 11) is 0. The molecule has 2 atom stereocenters. The number of alkyl halides is 1. The third-order valence-corrected chi connectivity index (χ3v) is 2.67. The summed E-state index contributed by atoms with van der Waals surface area (Å²) in [5.74, 6) is -0.137. The lowest BCUT2D eigenvalue weighted by molar-refractivity contribution is 0.0919. The average Bonchev–Trinajstić information content (AvgIpc) is 2.30. The number of benzene rings is 1. The van der Waals surface area contributed by atoms with Crippen LogP contribution in [-0.2, 0) is 0 Å². The third kappa shape index (κ3) is 2.79. The fourth-order valence-electron chi connectivity index (χ4n) is 1.86. The molecule has 86 valence electrons. The van der Waals surface area contributed by atoms with Crippen LogP contribution in [-0.4, -0.2) is 31.2 Å².